The smallest absolute Gasteiger partial charge is 0.214 e. The molecule has 1 rings (SSSR count). The monoisotopic (exact) mass is 195 g/mol. The van der Waals surface area contributed by atoms with E-state index in [9.17, 15) is 4.21 Å². The highest BCUT2D eigenvalue weighted by Gasteiger charge is 2.12. The van der Waals surface area contributed by atoms with Gasteiger partial charge >= 0.3 is 0 Å². The summed E-state index contributed by atoms with van der Waals surface area (Å²) in [6, 6.07) is 0. The van der Waals surface area contributed by atoms with Gasteiger partial charge in [-0.3, -0.25) is 0 Å². The molecule has 1 saturated heterocycles. The minimum absolute atomic E-state index is 0. The van der Waals surface area contributed by atoms with Crippen LogP contribution in [0.4, 0.5) is 0 Å². The third-order valence-corrected chi connectivity index (χ3v) is 3.50. The van der Waals surface area contributed by atoms with Gasteiger partial charge in [0.1, 0.15) is 0 Å². The van der Waals surface area contributed by atoms with E-state index in [1.165, 1.54) is 0 Å². The van der Waals surface area contributed by atoms with Crippen molar-refractivity contribution in [2.45, 2.75) is 0 Å². The average Bonchev–Trinajstić information content (AvgIpc) is 1.89. The maximum absolute atomic E-state index is 11.4. The van der Waals surface area contributed by atoms with Crippen molar-refractivity contribution >= 4 is 22.1 Å². The SMILES string of the molecule is Cl.N#CN=S1(=O)CCNCC1. The normalized spacial score (nSPS) is 21.0. The Kier molecular flexibility index (Phi) is 4.42. The molecule has 0 saturated carbocycles. The first-order valence-electron chi connectivity index (χ1n) is 3.08. The van der Waals surface area contributed by atoms with E-state index in [1.807, 2.05) is 0 Å². The molecule has 1 aliphatic heterocycles. The van der Waals surface area contributed by atoms with Crippen LogP contribution in [0.2, 0.25) is 0 Å². The molecule has 0 bridgehead atoms. The molecule has 4 nitrogen and oxygen atoms in total. The van der Waals surface area contributed by atoms with E-state index in [4.69, 9.17) is 5.26 Å². The Labute approximate surface area is 72.6 Å². The van der Waals surface area contributed by atoms with Crippen molar-refractivity contribution in [1.29, 1.82) is 5.26 Å². The molecule has 11 heavy (non-hydrogen) atoms. The van der Waals surface area contributed by atoms with Gasteiger partial charge in [0.05, 0.1) is 9.73 Å². The van der Waals surface area contributed by atoms with Gasteiger partial charge in [-0.1, -0.05) is 0 Å². The van der Waals surface area contributed by atoms with Crippen LogP contribution in [0.15, 0.2) is 4.36 Å². The molecule has 1 aliphatic rings. The van der Waals surface area contributed by atoms with Crippen LogP contribution >= 0.6 is 12.4 Å². The van der Waals surface area contributed by atoms with E-state index in [1.54, 1.807) is 6.19 Å². The van der Waals surface area contributed by atoms with Gasteiger partial charge in [0.2, 0.25) is 6.19 Å². The fourth-order valence-electron chi connectivity index (χ4n) is 0.856. The summed E-state index contributed by atoms with van der Waals surface area (Å²) < 4.78 is 14.8. The van der Waals surface area contributed by atoms with Crippen molar-refractivity contribution in [3.05, 3.63) is 0 Å². The largest absolute Gasteiger partial charge is 0.315 e. The molecule has 0 aromatic carbocycles. The maximum Gasteiger partial charge on any atom is 0.214 e. The van der Waals surface area contributed by atoms with E-state index >= 15 is 0 Å². The van der Waals surface area contributed by atoms with Crippen molar-refractivity contribution in [3.8, 4) is 6.19 Å². The van der Waals surface area contributed by atoms with Crippen molar-refractivity contribution < 1.29 is 4.21 Å². The Balaban J connectivity index is 0.000001000. The minimum atomic E-state index is -2.14. The van der Waals surface area contributed by atoms with Gasteiger partial charge < -0.3 is 5.32 Å². The Bertz CT molecular complexity index is 251. The Morgan fingerprint density at radius 3 is 2.45 bits per heavy atom. The first-order chi connectivity index (χ1) is 4.77. The number of hydrogen-bond donors (Lipinski definition) is 1. The van der Waals surface area contributed by atoms with Crippen molar-refractivity contribution in [1.82, 2.24) is 5.32 Å². The Hall–Kier alpha value is -0.310. The van der Waals surface area contributed by atoms with E-state index in [0.29, 0.717) is 24.6 Å². The number of rotatable bonds is 0. The molecule has 0 aromatic heterocycles. The molecule has 0 amide bonds. The highest BCUT2D eigenvalue weighted by atomic mass is 35.5. The van der Waals surface area contributed by atoms with E-state index in [-0.39, 0.29) is 12.4 Å². The second-order valence-electron chi connectivity index (χ2n) is 2.12. The fraction of sp³-hybridized carbons (Fsp3) is 0.800. The van der Waals surface area contributed by atoms with E-state index in [0.717, 1.165) is 0 Å². The summed E-state index contributed by atoms with van der Waals surface area (Å²) in [6.45, 7) is 1.42. The summed E-state index contributed by atoms with van der Waals surface area (Å²) in [5.74, 6) is 1.03. The predicted molar refractivity (Wildman–Crippen MR) is 46.0 cm³/mol. The van der Waals surface area contributed by atoms with Crippen LogP contribution in [0.1, 0.15) is 0 Å². The van der Waals surface area contributed by atoms with E-state index in [2.05, 4.69) is 9.68 Å². The zero-order valence-electron chi connectivity index (χ0n) is 5.95. The number of nitrogens with zero attached hydrogens (tertiary/aromatic N) is 2. The molecular formula is C5H10ClN3OS. The van der Waals surface area contributed by atoms with Gasteiger partial charge in [-0.2, -0.15) is 5.26 Å². The fourth-order valence-corrected chi connectivity index (χ4v) is 2.32. The van der Waals surface area contributed by atoms with Crippen LogP contribution in [-0.2, 0) is 9.73 Å². The van der Waals surface area contributed by atoms with Gasteiger partial charge in [-0.25, -0.2) is 4.21 Å². The van der Waals surface area contributed by atoms with Crippen molar-refractivity contribution in [3.63, 3.8) is 0 Å². The third kappa shape index (κ3) is 3.06. The first-order valence-corrected chi connectivity index (χ1v) is 4.93. The standard InChI is InChI=1S/C5H9N3OS.ClH/c6-5-8-10(9)3-1-7-2-4-10;/h7H,1-4H2;1H. The van der Waals surface area contributed by atoms with Gasteiger partial charge in [0.25, 0.3) is 0 Å². The first kappa shape index (κ1) is 10.7. The summed E-state index contributed by atoms with van der Waals surface area (Å²) in [5.41, 5.74) is 0. The molecule has 0 aromatic rings. The van der Waals surface area contributed by atoms with Crippen LogP contribution in [0, 0.1) is 11.5 Å². The molecule has 1 heterocycles. The second-order valence-corrected chi connectivity index (χ2v) is 4.67. The number of halogens is 1. The summed E-state index contributed by atoms with van der Waals surface area (Å²) in [6.07, 6.45) is 1.60. The van der Waals surface area contributed by atoms with Crippen LogP contribution in [0.25, 0.3) is 0 Å². The summed E-state index contributed by atoms with van der Waals surface area (Å²) >= 11 is 0. The lowest BCUT2D eigenvalue weighted by Gasteiger charge is -2.14. The lowest BCUT2D eigenvalue weighted by Crippen LogP contribution is -2.35. The highest BCUT2D eigenvalue weighted by molar-refractivity contribution is 7.93. The molecule has 0 atom stereocenters. The van der Waals surface area contributed by atoms with Crippen LogP contribution in [-0.4, -0.2) is 28.8 Å². The number of nitriles is 1. The minimum Gasteiger partial charge on any atom is -0.315 e. The number of hydrogen-bond acceptors (Lipinski definition) is 4. The maximum atomic E-state index is 11.4. The van der Waals surface area contributed by atoms with Crippen LogP contribution in [0.3, 0.4) is 0 Å². The van der Waals surface area contributed by atoms with Gasteiger partial charge in [0.15, 0.2) is 0 Å². The highest BCUT2D eigenvalue weighted by Crippen LogP contribution is 1.98. The Morgan fingerprint density at radius 2 is 2.00 bits per heavy atom. The topological polar surface area (TPSA) is 65.2 Å². The molecule has 6 heteroatoms. The van der Waals surface area contributed by atoms with Crippen LogP contribution in [0.5, 0.6) is 0 Å². The molecular weight excluding hydrogens is 186 g/mol. The molecule has 1 N–H and O–H groups in total. The molecule has 64 valence electrons. The van der Waals surface area contributed by atoms with Gasteiger partial charge in [-0.05, 0) is 0 Å². The molecule has 1 fully saturated rings. The Morgan fingerprint density at radius 1 is 1.45 bits per heavy atom. The summed E-state index contributed by atoms with van der Waals surface area (Å²) in [5, 5.41) is 11.2. The number of nitrogens with one attached hydrogen (secondary N) is 1. The summed E-state index contributed by atoms with van der Waals surface area (Å²) in [4.78, 5) is 0. The lowest BCUT2D eigenvalue weighted by atomic mass is 10.6. The predicted octanol–water partition coefficient (Wildman–Crippen LogP) is -0.0395. The second kappa shape index (κ2) is 4.54. The van der Waals surface area contributed by atoms with Crippen molar-refractivity contribution in [2.75, 3.05) is 24.6 Å². The van der Waals surface area contributed by atoms with Crippen molar-refractivity contribution in [2.24, 2.45) is 4.36 Å². The van der Waals surface area contributed by atoms with Crippen LogP contribution < -0.4 is 5.32 Å². The van der Waals surface area contributed by atoms with Gasteiger partial charge in [0, 0.05) is 24.6 Å². The average molecular weight is 196 g/mol. The zero-order valence-corrected chi connectivity index (χ0v) is 7.58. The molecule has 0 aliphatic carbocycles. The zero-order chi connectivity index (χ0) is 7.45. The summed E-state index contributed by atoms with van der Waals surface area (Å²) in [7, 11) is -2.14. The molecule has 0 radical (unpaired) electrons. The molecule has 0 unspecified atom stereocenters. The van der Waals surface area contributed by atoms with E-state index < -0.39 is 9.73 Å². The third-order valence-electron chi connectivity index (χ3n) is 1.40. The molecule has 0 spiro atoms. The lowest BCUT2D eigenvalue weighted by molar-refractivity contribution is 0.652. The van der Waals surface area contributed by atoms with Gasteiger partial charge in [-0.15, -0.1) is 16.8 Å². The quantitative estimate of drug-likeness (QED) is 0.552.